The van der Waals surface area contributed by atoms with Gasteiger partial charge in [-0.05, 0) is 50.6 Å². The van der Waals surface area contributed by atoms with Gasteiger partial charge in [0.1, 0.15) is 27.6 Å². The molecule has 0 saturated heterocycles. The third-order valence-corrected chi connectivity index (χ3v) is 8.49. The molecule has 0 radical (unpaired) electrons. The Morgan fingerprint density at radius 3 is 2.39 bits per heavy atom. The maximum Gasteiger partial charge on any atom is 0.417 e. The molecule has 1 aliphatic heterocycles. The highest BCUT2D eigenvalue weighted by Gasteiger charge is 2.49. The SMILES string of the molecule is CC1(C)C(N)=N[C@](C)(c2cc(/C=C(\F)c3ncc(C(F)(F)F)cc3Cl)ccc2F)CS1(=O)=O. The van der Waals surface area contributed by atoms with Gasteiger partial charge in [-0.3, -0.25) is 9.98 Å². The van der Waals surface area contributed by atoms with E-state index in [0.29, 0.717) is 12.3 Å². The van der Waals surface area contributed by atoms with E-state index in [1.165, 1.54) is 32.9 Å². The molecule has 2 aromatic rings. The molecule has 3 rings (SSSR count). The lowest BCUT2D eigenvalue weighted by molar-refractivity contribution is -0.137. The lowest BCUT2D eigenvalue weighted by atomic mass is 9.91. The second-order valence-corrected chi connectivity index (χ2v) is 11.3. The van der Waals surface area contributed by atoms with Crippen LogP contribution in [0.15, 0.2) is 35.5 Å². The number of amidine groups is 1. The Kier molecular flexibility index (Phi) is 6.12. The van der Waals surface area contributed by atoms with Crippen LogP contribution in [0.5, 0.6) is 0 Å². The van der Waals surface area contributed by atoms with Crippen LogP contribution in [-0.4, -0.2) is 29.7 Å². The second kappa shape index (κ2) is 8.05. The summed E-state index contributed by atoms with van der Waals surface area (Å²) in [6.45, 7) is 4.18. The minimum atomic E-state index is -4.70. The molecule has 5 nitrogen and oxygen atoms in total. The van der Waals surface area contributed by atoms with Gasteiger partial charge in [-0.1, -0.05) is 17.7 Å². The van der Waals surface area contributed by atoms with Gasteiger partial charge >= 0.3 is 6.18 Å². The number of nitrogens with two attached hydrogens (primary N) is 1. The number of aromatic nitrogens is 1. The summed E-state index contributed by atoms with van der Waals surface area (Å²) >= 11 is 5.77. The van der Waals surface area contributed by atoms with Gasteiger partial charge in [-0.15, -0.1) is 0 Å². The number of sulfone groups is 1. The number of hydrogen-bond acceptors (Lipinski definition) is 5. The molecule has 0 amide bonds. The Hall–Kier alpha value is -2.53. The molecule has 1 aliphatic rings. The van der Waals surface area contributed by atoms with Crippen molar-refractivity contribution >= 4 is 39.2 Å². The first-order chi connectivity index (χ1) is 15.0. The van der Waals surface area contributed by atoms with Crippen molar-refractivity contribution in [3.8, 4) is 0 Å². The third-order valence-electron chi connectivity index (χ3n) is 5.49. The van der Waals surface area contributed by atoms with Crippen molar-refractivity contribution in [3.05, 3.63) is 63.7 Å². The molecule has 1 atom stereocenters. The van der Waals surface area contributed by atoms with Crippen LogP contribution in [0.1, 0.15) is 43.2 Å². The molecule has 0 fully saturated rings. The van der Waals surface area contributed by atoms with Crippen LogP contribution >= 0.6 is 11.6 Å². The molecule has 33 heavy (non-hydrogen) atoms. The molecule has 12 heteroatoms. The Morgan fingerprint density at radius 2 is 1.85 bits per heavy atom. The van der Waals surface area contributed by atoms with Crippen molar-refractivity contribution < 1.29 is 30.4 Å². The van der Waals surface area contributed by atoms with Gasteiger partial charge in [0.15, 0.2) is 15.7 Å². The van der Waals surface area contributed by atoms with Crippen LogP contribution in [0.25, 0.3) is 11.9 Å². The summed E-state index contributed by atoms with van der Waals surface area (Å²) in [6.07, 6.45) is -3.37. The van der Waals surface area contributed by atoms with Gasteiger partial charge in [0, 0.05) is 11.8 Å². The monoisotopic (exact) mass is 507 g/mol. The fourth-order valence-corrected chi connectivity index (χ4v) is 5.25. The minimum absolute atomic E-state index is 0.0823. The van der Waals surface area contributed by atoms with Crippen LogP contribution in [0.3, 0.4) is 0 Å². The first kappa shape index (κ1) is 25.1. The van der Waals surface area contributed by atoms with Crippen molar-refractivity contribution in [3.63, 3.8) is 0 Å². The van der Waals surface area contributed by atoms with Gasteiger partial charge in [0.25, 0.3) is 0 Å². The van der Waals surface area contributed by atoms with E-state index in [-0.39, 0.29) is 17.0 Å². The summed E-state index contributed by atoms with van der Waals surface area (Å²) in [5, 5.41) is -0.564. The number of benzene rings is 1. The Balaban J connectivity index is 2.06. The third kappa shape index (κ3) is 4.61. The van der Waals surface area contributed by atoms with Crippen LogP contribution < -0.4 is 5.73 Å². The van der Waals surface area contributed by atoms with Gasteiger partial charge in [0.05, 0.1) is 16.3 Å². The molecule has 2 heterocycles. The molecule has 2 N–H and O–H groups in total. The largest absolute Gasteiger partial charge is 0.417 e. The highest BCUT2D eigenvalue weighted by molar-refractivity contribution is 7.93. The summed E-state index contributed by atoms with van der Waals surface area (Å²) in [6, 6.07) is 3.94. The van der Waals surface area contributed by atoms with E-state index in [0.717, 1.165) is 12.1 Å². The van der Waals surface area contributed by atoms with Crippen LogP contribution in [0.2, 0.25) is 5.02 Å². The summed E-state index contributed by atoms with van der Waals surface area (Å²) in [7, 11) is -3.81. The maximum absolute atomic E-state index is 14.8. The lowest BCUT2D eigenvalue weighted by Gasteiger charge is -2.38. The van der Waals surface area contributed by atoms with E-state index in [1.54, 1.807) is 0 Å². The molecule has 178 valence electrons. The zero-order chi connectivity index (χ0) is 25.0. The van der Waals surface area contributed by atoms with Crippen molar-refractivity contribution in [1.82, 2.24) is 4.98 Å². The van der Waals surface area contributed by atoms with Gasteiger partial charge in [-0.2, -0.15) is 13.2 Å². The maximum atomic E-state index is 14.8. The molecule has 0 spiro atoms. The predicted octanol–water partition coefficient (Wildman–Crippen LogP) is 5.14. The highest BCUT2D eigenvalue weighted by atomic mass is 35.5. The number of pyridine rings is 1. The number of halogens is 6. The zero-order valence-electron chi connectivity index (χ0n) is 17.6. The zero-order valence-corrected chi connectivity index (χ0v) is 19.2. The van der Waals surface area contributed by atoms with Crippen molar-refractivity contribution in [2.45, 2.75) is 37.2 Å². The van der Waals surface area contributed by atoms with Gasteiger partial charge in [0.2, 0.25) is 0 Å². The molecular weight excluding hydrogens is 489 g/mol. The number of alkyl halides is 3. The molecule has 0 bridgehead atoms. The first-order valence-corrected chi connectivity index (χ1v) is 11.5. The van der Waals surface area contributed by atoms with Crippen molar-refractivity contribution in [2.75, 3.05) is 5.75 Å². The summed E-state index contributed by atoms with van der Waals surface area (Å²) in [5.41, 5.74) is 2.57. The number of hydrogen-bond donors (Lipinski definition) is 1. The van der Waals surface area contributed by atoms with Crippen molar-refractivity contribution in [2.24, 2.45) is 10.7 Å². The van der Waals surface area contributed by atoms with E-state index in [4.69, 9.17) is 17.3 Å². The Labute approximate surface area is 192 Å². The van der Waals surface area contributed by atoms with Gasteiger partial charge in [-0.25, -0.2) is 17.2 Å². The highest BCUT2D eigenvalue weighted by Crippen LogP contribution is 2.39. The van der Waals surface area contributed by atoms with E-state index < -0.39 is 60.0 Å². The van der Waals surface area contributed by atoms with E-state index in [9.17, 15) is 30.4 Å². The van der Waals surface area contributed by atoms with E-state index in [2.05, 4.69) is 9.98 Å². The standard InChI is InChI=1S/C21H19ClF5N3O2S/c1-19(2)18(28)30-20(3,10-33(19,31)32)13-6-11(4-5-15(13)23)7-16(24)17-14(22)8-12(9-29-17)21(25,26)27/h4-9H,10H2,1-3H3,(H2,28,30)/b16-7-/t20-/m0/s1. The minimum Gasteiger partial charge on any atom is -0.386 e. The summed E-state index contributed by atoms with van der Waals surface area (Å²) in [5.74, 6) is -2.58. The van der Waals surface area contributed by atoms with Crippen LogP contribution in [0, 0.1) is 5.82 Å². The average Bonchev–Trinajstić information content (AvgIpc) is 2.66. The summed E-state index contributed by atoms with van der Waals surface area (Å²) in [4.78, 5) is 7.68. The first-order valence-electron chi connectivity index (χ1n) is 9.46. The quantitative estimate of drug-likeness (QED) is 0.583. The average molecular weight is 508 g/mol. The van der Waals surface area contributed by atoms with E-state index in [1.807, 2.05) is 0 Å². The van der Waals surface area contributed by atoms with E-state index >= 15 is 0 Å². The van der Waals surface area contributed by atoms with Crippen LogP contribution in [0.4, 0.5) is 22.0 Å². The number of aliphatic imine (C=N–C) groups is 1. The number of nitrogens with zero attached hydrogens (tertiary/aromatic N) is 2. The molecular formula is C21H19ClF5N3O2S. The molecule has 1 aromatic carbocycles. The molecule has 0 aliphatic carbocycles. The molecule has 0 unspecified atom stereocenters. The Bertz CT molecular complexity index is 1290. The summed E-state index contributed by atoms with van der Waals surface area (Å²) < 4.78 is 91.8. The normalized spacial score (nSPS) is 22.7. The smallest absolute Gasteiger partial charge is 0.386 e. The van der Waals surface area contributed by atoms with Gasteiger partial charge < -0.3 is 5.73 Å². The van der Waals surface area contributed by atoms with Crippen molar-refractivity contribution in [1.29, 1.82) is 0 Å². The number of rotatable bonds is 3. The van der Waals surface area contributed by atoms with Crippen LogP contribution in [-0.2, 0) is 21.6 Å². The topological polar surface area (TPSA) is 85.4 Å². The lowest BCUT2D eigenvalue weighted by Crippen LogP contribution is -2.55. The second-order valence-electron chi connectivity index (χ2n) is 8.32. The predicted molar refractivity (Wildman–Crippen MR) is 116 cm³/mol. The Morgan fingerprint density at radius 1 is 1.21 bits per heavy atom. The fraction of sp³-hybridized carbons (Fsp3) is 0.333. The molecule has 0 saturated carbocycles. The fourth-order valence-electron chi connectivity index (χ4n) is 3.31. The molecule has 1 aromatic heterocycles.